The molecule has 0 heterocycles. The van der Waals surface area contributed by atoms with Crippen LogP contribution in [0.4, 0.5) is 5.69 Å². The summed E-state index contributed by atoms with van der Waals surface area (Å²) in [6, 6.07) is 4.62. The summed E-state index contributed by atoms with van der Waals surface area (Å²) in [7, 11) is -1.94. The highest BCUT2D eigenvalue weighted by molar-refractivity contribution is 7.92. The molecule has 1 amide bonds. The third-order valence-corrected chi connectivity index (χ3v) is 4.92. The summed E-state index contributed by atoms with van der Waals surface area (Å²) in [6.07, 6.45) is 2.41. The molecule has 0 radical (unpaired) electrons. The van der Waals surface area contributed by atoms with E-state index in [4.69, 9.17) is 27.9 Å². The van der Waals surface area contributed by atoms with Crippen molar-refractivity contribution in [2.75, 3.05) is 37.4 Å². The summed E-state index contributed by atoms with van der Waals surface area (Å²) in [5.41, 5.74) is 0.312. The number of nitrogens with zero attached hydrogens (tertiary/aromatic N) is 1. The molecule has 24 heavy (non-hydrogen) atoms. The monoisotopic (exact) mass is 396 g/mol. The molecule has 136 valence electrons. The first-order chi connectivity index (χ1) is 11.3. The number of benzene rings is 1. The topological polar surface area (TPSA) is 75.7 Å². The molecule has 6 nitrogen and oxygen atoms in total. The summed E-state index contributed by atoms with van der Waals surface area (Å²) in [5, 5.41) is 3.43. The van der Waals surface area contributed by atoms with Gasteiger partial charge in [-0.05, 0) is 31.0 Å². The van der Waals surface area contributed by atoms with Gasteiger partial charge in [0.2, 0.25) is 15.9 Å². The van der Waals surface area contributed by atoms with Crippen LogP contribution in [0.25, 0.3) is 0 Å². The zero-order valence-corrected chi connectivity index (χ0v) is 16.0. The molecule has 0 unspecified atom stereocenters. The predicted molar refractivity (Wildman–Crippen MR) is 97.4 cm³/mol. The minimum absolute atomic E-state index is 0.128. The van der Waals surface area contributed by atoms with Gasteiger partial charge in [0, 0.05) is 38.2 Å². The zero-order chi connectivity index (χ0) is 18.2. The molecule has 1 aromatic carbocycles. The van der Waals surface area contributed by atoms with Crippen LogP contribution in [0.1, 0.15) is 19.3 Å². The van der Waals surface area contributed by atoms with Crippen LogP contribution in [0.5, 0.6) is 0 Å². The molecule has 0 spiro atoms. The lowest BCUT2D eigenvalue weighted by atomic mass is 10.2. The summed E-state index contributed by atoms with van der Waals surface area (Å²) in [4.78, 5) is 11.7. The van der Waals surface area contributed by atoms with Crippen molar-refractivity contribution >= 4 is 44.8 Å². The Morgan fingerprint density at radius 3 is 2.62 bits per heavy atom. The van der Waals surface area contributed by atoms with E-state index in [1.807, 2.05) is 0 Å². The van der Waals surface area contributed by atoms with Crippen LogP contribution in [0.15, 0.2) is 18.2 Å². The number of nitrogens with one attached hydrogen (secondary N) is 1. The van der Waals surface area contributed by atoms with Crippen molar-refractivity contribution in [2.24, 2.45) is 0 Å². The summed E-state index contributed by atoms with van der Waals surface area (Å²) >= 11 is 12.0. The minimum Gasteiger partial charge on any atom is -0.385 e. The van der Waals surface area contributed by atoms with Crippen molar-refractivity contribution in [1.82, 2.24) is 5.32 Å². The molecule has 1 rings (SSSR count). The Labute approximate surface area is 153 Å². The number of methoxy groups -OCH3 is 1. The summed E-state index contributed by atoms with van der Waals surface area (Å²) < 4.78 is 30.1. The van der Waals surface area contributed by atoms with Gasteiger partial charge in [-0.3, -0.25) is 9.10 Å². The molecular weight excluding hydrogens is 375 g/mol. The standard InChI is InChI=1S/C15H22Cl2N2O4S/c1-23-10-4-8-18-15(20)5-3-9-19(24(2,21)22)14-11-12(16)6-7-13(14)17/h6-7,11H,3-5,8-10H2,1-2H3,(H,18,20). The fourth-order valence-corrected chi connectivity index (χ4v) is 3.46. The first-order valence-electron chi connectivity index (χ1n) is 7.44. The smallest absolute Gasteiger partial charge is 0.232 e. The largest absolute Gasteiger partial charge is 0.385 e. The van der Waals surface area contributed by atoms with Crippen LogP contribution < -0.4 is 9.62 Å². The second kappa shape index (κ2) is 10.1. The number of carbonyl (C=O) groups is 1. The molecule has 1 N–H and O–H groups in total. The van der Waals surface area contributed by atoms with Gasteiger partial charge in [-0.2, -0.15) is 0 Å². The molecular formula is C15H22Cl2N2O4S. The van der Waals surface area contributed by atoms with Crippen LogP contribution >= 0.6 is 23.2 Å². The number of hydrogen-bond acceptors (Lipinski definition) is 4. The molecule has 0 atom stereocenters. The van der Waals surface area contributed by atoms with E-state index in [9.17, 15) is 13.2 Å². The van der Waals surface area contributed by atoms with Crippen molar-refractivity contribution in [2.45, 2.75) is 19.3 Å². The van der Waals surface area contributed by atoms with E-state index >= 15 is 0 Å². The Kier molecular flexibility index (Phi) is 8.83. The lowest BCUT2D eigenvalue weighted by Gasteiger charge is -2.23. The van der Waals surface area contributed by atoms with Crippen molar-refractivity contribution < 1.29 is 17.9 Å². The summed E-state index contributed by atoms with van der Waals surface area (Å²) in [5.74, 6) is -0.128. The SMILES string of the molecule is COCCCNC(=O)CCCN(c1cc(Cl)ccc1Cl)S(C)(=O)=O. The van der Waals surface area contributed by atoms with E-state index in [1.165, 1.54) is 10.4 Å². The summed E-state index contributed by atoms with van der Waals surface area (Å²) in [6.45, 7) is 1.25. The van der Waals surface area contributed by atoms with Gasteiger partial charge in [-0.15, -0.1) is 0 Å². The van der Waals surface area contributed by atoms with E-state index < -0.39 is 10.0 Å². The quantitative estimate of drug-likeness (QED) is 0.616. The molecule has 1 aromatic rings. The van der Waals surface area contributed by atoms with Gasteiger partial charge in [0.15, 0.2) is 0 Å². The van der Waals surface area contributed by atoms with E-state index in [0.717, 1.165) is 12.7 Å². The highest BCUT2D eigenvalue weighted by atomic mass is 35.5. The predicted octanol–water partition coefficient (Wildman–Crippen LogP) is 2.69. The van der Waals surface area contributed by atoms with E-state index in [1.54, 1.807) is 19.2 Å². The van der Waals surface area contributed by atoms with Gasteiger partial charge in [0.25, 0.3) is 0 Å². The van der Waals surface area contributed by atoms with Crippen molar-refractivity contribution in [3.8, 4) is 0 Å². The molecule has 0 aromatic heterocycles. The van der Waals surface area contributed by atoms with Gasteiger partial charge in [0.05, 0.1) is 17.0 Å². The van der Waals surface area contributed by atoms with E-state index in [2.05, 4.69) is 5.32 Å². The van der Waals surface area contributed by atoms with Crippen LogP contribution in [0, 0.1) is 0 Å². The molecule has 9 heteroatoms. The zero-order valence-electron chi connectivity index (χ0n) is 13.7. The van der Waals surface area contributed by atoms with Crippen LogP contribution in [0.2, 0.25) is 10.0 Å². The maximum Gasteiger partial charge on any atom is 0.232 e. The third kappa shape index (κ3) is 7.25. The third-order valence-electron chi connectivity index (χ3n) is 3.19. The normalized spacial score (nSPS) is 11.3. The van der Waals surface area contributed by atoms with Gasteiger partial charge >= 0.3 is 0 Å². The second-order valence-electron chi connectivity index (χ2n) is 5.23. The van der Waals surface area contributed by atoms with Gasteiger partial charge in [-0.1, -0.05) is 23.2 Å². The molecule has 0 bridgehead atoms. The van der Waals surface area contributed by atoms with Crippen molar-refractivity contribution in [3.05, 3.63) is 28.2 Å². The lowest BCUT2D eigenvalue weighted by Crippen LogP contribution is -2.32. The van der Waals surface area contributed by atoms with Gasteiger partial charge in [-0.25, -0.2) is 8.42 Å². The van der Waals surface area contributed by atoms with Crippen LogP contribution in [0.3, 0.4) is 0 Å². The average Bonchev–Trinajstić information content (AvgIpc) is 2.50. The first-order valence-corrected chi connectivity index (χ1v) is 10.0. The number of anilines is 1. The highest BCUT2D eigenvalue weighted by Crippen LogP contribution is 2.30. The van der Waals surface area contributed by atoms with Gasteiger partial charge in [0.1, 0.15) is 0 Å². The van der Waals surface area contributed by atoms with Crippen LogP contribution in [-0.4, -0.2) is 47.4 Å². The first kappa shape index (κ1) is 21.0. The molecule has 0 fully saturated rings. The maximum absolute atomic E-state index is 12.0. The molecule has 0 aliphatic carbocycles. The Morgan fingerprint density at radius 1 is 1.29 bits per heavy atom. The molecule has 0 aliphatic rings. The number of halogens is 2. The fourth-order valence-electron chi connectivity index (χ4n) is 2.06. The number of rotatable bonds is 10. The lowest BCUT2D eigenvalue weighted by molar-refractivity contribution is -0.121. The Hall–Kier alpha value is -1.02. The van der Waals surface area contributed by atoms with E-state index in [-0.39, 0.29) is 23.9 Å². The van der Waals surface area contributed by atoms with Gasteiger partial charge < -0.3 is 10.1 Å². The number of hydrogen-bond donors (Lipinski definition) is 1. The number of ether oxygens (including phenoxy) is 1. The molecule has 0 aliphatic heterocycles. The van der Waals surface area contributed by atoms with Crippen molar-refractivity contribution in [3.63, 3.8) is 0 Å². The molecule has 0 saturated carbocycles. The van der Waals surface area contributed by atoms with Crippen LogP contribution in [-0.2, 0) is 19.6 Å². The number of carbonyl (C=O) groups excluding carboxylic acids is 1. The average molecular weight is 397 g/mol. The number of amides is 1. The second-order valence-corrected chi connectivity index (χ2v) is 7.98. The molecule has 0 saturated heterocycles. The fraction of sp³-hybridized carbons (Fsp3) is 0.533. The Balaban J connectivity index is 2.63. The minimum atomic E-state index is -3.54. The Bertz CT molecular complexity index is 653. The maximum atomic E-state index is 12.0. The Morgan fingerprint density at radius 2 is 2.00 bits per heavy atom. The van der Waals surface area contributed by atoms with Crippen molar-refractivity contribution in [1.29, 1.82) is 0 Å². The van der Waals surface area contributed by atoms with E-state index in [0.29, 0.717) is 30.3 Å². The highest BCUT2D eigenvalue weighted by Gasteiger charge is 2.20. The number of sulfonamides is 1.